The third-order valence-corrected chi connectivity index (χ3v) is 7.20. The number of ether oxygens (including phenoxy) is 1. The number of pyridine rings is 1. The van der Waals surface area contributed by atoms with E-state index in [0.717, 1.165) is 23.8 Å². The van der Waals surface area contributed by atoms with Gasteiger partial charge in [-0.15, -0.1) is 0 Å². The molecule has 2 aliphatic rings. The Morgan fingerprint density at radius 2 is 1.94 bits per heavy atom. The molecule has 2 unspecified atom stereocenters. The standard InChI is InChI=1S/C22H15ClF3N3O4S/c23-15-6-7-16(28-34(31,32)14-5-1-4-13(9-14)22(24,25)26)18-17(15)20(30)29(21-19(18)33-21)11-12-3-2-8-27-10-12/h1-10,19,21,28H,11H2. The molecule has 0 saturated carbocycles. The molecule has 3 aromatic rings. The number of aromatic nitrogens is 1. The number of alkyl halides is 3. The topological polar surface area (TPSA) is 91.9 Å². The summed E-state index contributed by atoms with van der Waals surface area (Å²) in [6.45, 7) is 0.212. The van der Waals surface area contributed by atoms with Gasteiger partial charge in [-0.25, -0.2) is 8.42 Å². The fourth-order valence-electron chi connectivity index (χ4n) is 3.90. The molecular formula is C22H15ClF3N3O4S. The van der Waals surface area contributed by atoms with Crippen LogP contribution in [0.2, 0.25) is 5.02 Å². The van der Waals surface area contributed by atoms with Crippen LogP contribution in [0.25, 0.3) is 0 Å². The first-order valence-corrected chi connectivity index (χ1v) is 11.8. The number of hydrogen-bond donors (Lipinski definition) is 1. The third-order valence-electron chi connectivity index (χ3n) is 5.52. The van der Waals surface area contributed by atoms with Gasteiger partial charge in [-0.1, -0.05) is 23.7 Å². The molecule has 12 heteroatoms. The molecule has 0 aliphatic carbocycles. The zero-order chi connectivity index (χ0) is 24.3. The fourth-order valence-corrected chi connectivity index (χ4v) is 5.27. The molecule has 0 radical (unpaired) electrons. The lowest BCUT2D eigenvalue weighted by atomic mass is 9.96. The van der Waals surface area contributed by atoms with E-state index >= 15 is 0 Å². The van der Waals surface area contributed by atoms with Crippen LogP contribution in [0.15, 0.2) is 65.8 Å². The average molecular weight is 510 g/mol. The Bertz CT molecular complexity index is 1400. The zero-order valence-corrected chi connectivity index (χ0v) is 18.7. The van der Waals surface area contributed by atoms with E-state index in [2.05, 4.69) is 9.71 Å². The lowest BCUT2D eigenvalue weighted by Crippen LogP contribution is -2.37. The molecular weight excluding hydrogens is 495 g/mol. The van der Waals surface area contributed by atoms with Crippen LogP contribution in [0, 0.1) is 0 Å². The number of benzene rings is 2. The molecule has 7 nitrogen and oxygen atoms in total. The number of nitrogens with zero attached hydrogens (tertiary/aromatic N) is 2. The van der Waals surface area contributed by atoms with Gasteiger partial charge in [-0.2, -0.15) is 13.2 Å². The molecule has 5 rings (SSSR count). The predicted octanol–water partition coefficient (Wildman–Crippen LogP) is 4.61. The highest BCUT2D eigenvalue weighted by Crippen LogP contribution is 2.52. The number of nitrogens with one attached hydrogen (secondary N) is 1. The van der Waals surface area contributed by atoms with Gasteiger partial charge in [-0.3, -0.25) is 14.5 Å². The first-order valence-electron chi connectivity index (χ1n) is 9.94. The van der Waals surface area contributed by atoms with Gasteiger partial charge >= 0.3 is 6.18 Å². The van der Waals surface area contributed by atoms with Crippen molar-refractivity contribution in [2.24, 2.45) is 0 Å². The van der Waals surface area contributed by atoms with Crippen LogP contribution in [0.1, 0.15) is 33.2 Å². The third kappa shape index (κ3) is 3.99. The molecule has 1 amide bonds. The number of rotatable bonds is 5. The Kier molecular flexibility index (Phi) is 5.30. The maximum atomic E-state index is 13.3. The number of anilines is 1. The monoisotopic (exact) mass is 509 g/mol. The van der Waals surface area contributed by atoms with Gasteiger partial charge in [0.2, 0.25) is 0 Å². The van der Waals surface area contributed by atoms with Crippen molar-refractivity contribution in [2.45, 2.75) is 29.9 Å². The van der Waals surface area contributed by atoms with Crippen molar-refractivity contribution in [3.63, 3.8) is 0 Å². The van der Waals surface area contributed by atoms with Gasteiger partial charge in [0.25, 0.3) is 15.9 Å². The second kappa shape index (κ2) is 7.97. The molecule has 0 bridgehead atoms. The number of fused-ring (bicyclic) bond motifs is 3. The smallest absolute Gasteiger partial charge is 0.342 e. The summed E-state index contributed by atoms with van der Waals surface area (Å²) in [5, 5.41) is 0.104. The SMILES string of the molecule is O=C1c2c(Cl)ccc(NS(=O)(=O)c3cccc(C(F)(F)F)c3)c2C2OC2N1Cc1cccnc1. The minimum absolute atomic E-state index is 0.0127. The van der Waals surface area contributed by atoms with Crippen LogP contribution in [-0.4, -0.2) is 30.4 Å². The van der Waals surface area contributed by atoms with E-state index < -0.39 is 44.9 Å². The van der Waals surface area contributed by atoms with E-state index in [1.165, 1.54) is 17.0 Å². The molecule has 2 aliphatic heterocycles. The molecule has 1 N–H and O–H groups in total. The molecule has 1 fully saturated rings. The van der Waals surface area contributed by atoms with E-state index in [1.54, 1.807) is 24.5 Å². The van der Waals surface area contributed by atoms with Crippen molar-refractivity contribution >= 4 is 33.2 Å². The number of carbonyl (C=O) groups is 1. The number of halogens is 4. The van der Waals surface area contributed by atoms with Crippen LogP contribution >= 0.6 is 11.6 Å². The Labute approximate surface area is 197 Å². The van der Waals surface area contributed by atoms with Crippen molar-refractivity contribution < 1.29 is 31.1 Å². The van der Waals surface area contributed by atoms with Gasteiger partial charge in [-0.05, 0) is 42.0 Å². The van der Waals surface area contributed by atoms with E-state index in [9.17, 15) is 26.4 Å². The van der Waals surface area contributed by atoms with Gasteiger partial charge in [0.05, 0.1) is 33.3 Å². The molecule has 34 heavy (non-hydrogen) atoms. The number of epoxide rings is 1. The van der Waals surface area contributed by atoms with Crippen molar-refractivity contribution in [3.8, 4) is 0 Å². The highest BCUT2D eigenvalue weighted by molar-refractivity contribution is 7.92. The van der Waals surface area contributed by atoms with E-state index in [0.29, 0.717) is 6.07 Å². The largest absolute Gasteiger partial charge is 0.416 e. The lowest BCUT2D eigenvalue weighted by Gasteiger charge is -2.27. The molecule has 3 heterocycles. The van der Waals surface area contributed by atoms with Crippen molar-refractivity contribution in [3.05, 3.63) is 88.2 Å². The molecule has 2 atom stereocenters. The number of sulfonamides is 1. The quantitative estimate of drug-likeness (QED) is 0.507. The first kappa shape index (κ1) is 22.6. The van der Waals surface area contributed by atoms with Crippen LogP contribution in [0.3, 0.4) is 0 Å². The van der Waals surface area contributed by atoms with Gasteiger partial charge < -0.3 is 9.64 Å². The van der Waals surface area contributed by atoms with Crippen molar-refractivity contribution in [1.82, 2.24) is 9.88 Å². The number of carbonyl (C=O) groups excluding carboxylic acids is 1. The number of hydrogen-bond acceptors (Lipinski definition) is 5. The maximum Gasteiger partial charge on any atom is 0.416 e. The maximum absolute atomic E-state index is 13.3. The van der Waals surface area contributed by atoms with E-state index in [-0.39, 0.29) is 28.4 Å². The summed E-state index contributed by atoms with van der Waals surface area (Å²) >= 11 is 6.30. The van der Waals surface area contributed by atoms with Gasteiger partial charge in [0.15, 0.2) is 6.23 Å². The summed E-state index contributed by atoms with van der Waals surface area (Å²) in [5.41, 5.74) is 0.0131. The Morgan fingerprint density at radius 3 is 2.65 bits per heavy atom. The van der Waals surface area contributed by atoms with Gasteiger partial charge in [0.1, 0.15) is 6.10 Å². The van der Waals surface area contributed by atoms with Crippen LogP contribution in [0.4, 0.5) is 18.9 Å². The fraction of sp³-hybridized carbons (Fsp3) is 0.182. The summed E-state index contributed by atoms with van der Waals surface area (Å²) in [6, 6.07) is 9.63. The van der Waals surface area contributed by atoms with Crippen LogP contribution in [0.5, 0.6) is 0 Å². The second-order valence-electron chi connectivity index (χ2n) is 7.76. The normalized spacial score (nSPS) is 19.4. The summed E-state index contributed by atoms with van der Waals surface area (Å²) < 4.78 is 72.9. The summed E-state index contributed by atoms with van der Waals surface area (Å²) in [5.74, 6) is -0.456. The Hall–Kier alpha value is -3.15. The molecule has 1 aromatic heterocycles. The second-order valence-corrected chi connectivity index (χ2v) is 9.85. The van der Waals surface area contributed by atoms with E-state index in [4.69, 9.17) is 16.3 Å². The highest BCUT2D eigenvalue weighted by Gasteiger charge is 2.54. The zero-order valence-electron chi connectivity index (χ0n) is 17.1. The minimum Gasteiger partial charge on any atom is -0.342 e. The molecule has 176 valence electrons. The summed E-state index contributed by atoms with van der Waals surface area (Å²) in [6.07, 6.45) is -2.75. The van der Waals surface area contributed by atoms with Crippen LogP contribution in [-0.2, 0) is 27.5 Å². The predicted molar refractivity (Wildman–Crippen MR) is 115 cm³/mol. The summed E-state index contributed by atoms with van der Waals surface area (Å²) in [7, 11) is -4.41. The minimum atomic E-state index is -4.70. The first-order chi connectivity index (χ1) is 16.1. The summed E-state index contributed by atoms with van der Waals surface area (Å²) in [4.78, 5) is 18.2. The number of amides is 1. The molecule has 1 saturated heterocycles. The molecule has 0 spiro atoms. The highest BCUT2D eigenvalue weighted by atomic mass is 35.5. The average Bonchev–Trinajstić information content (AvgIpc) is 3.59. The van der Waals surface area contributed by atoms with Crippen molar-refractivity contribution in [1.29, 1.82) is 0 Å². The van der Waals surface area contributed by atoms with Gasteiger partial charge in [0, 0.05) is 18.0 Å². The molecule has 2 aromatic carbocycles. The lowest BCUT2D eigenvalue weighted by molar-refractivity contribution is -0.137. The van der Waals surface area contributed by atoms with Crippen molar-refractivity contribution in [2.75, 3.05) is 4.72 Å². The van der Waals surface area contributed by atoms with Crippen LogP contribution < -0.4 is 4.72 Å². The van der Waals surface area contributed by atoms with E-state index in [1.807, 2.05) is 0 Å². The Morgan fingerprint density at radius 1 is 1.15 bits per heavy atom. The Balaban J connectivity index is 1.49.